The van der Waals surface area contributed by atoms with Gasteiger partial charge in [-0.15, -0.1) is 0 Å². The predicted octanol–water partition coefficient (Wildman–Crippen LogP) is 2.26. The average Bonchev–Trinajstić information content (AvgIpc) is 2.77. The van der Waals surface area contributed by atoms with Gasteiger partial charge in [0, 0.05) is 32.6 Å². The summed E-state index contributed by atoms with van der Waals surface area (Å²) < 4.78 is 5.16. The Morgan fingerprint density at radius 1 is 1.00 bits per heavy atom. The van der Waals surface area contributed by atoms with Crippen LogP contribution in [0.15, 0.2) is 54.6 Å². The summed E-state index contributed by atoms with van der Waals surface area (Å²) in [7, 11) is 3.68. The highest BCUT2D eigenvalue weighted by molar-refractivity contribution is 5.88. The van der Waals surface area contributed by atoms with Crippen molar-refractivity contribution in [2.45, 2.75) is 18.9 Å². The van der Waals surface area contributed by atoms with Gasteiger partial charge in [0.05, 0.1) is 7.11 Å². The second-order valence-electron chi connectivity index (χ2n) is 7.39. The predicted molar refractivity (Wildman–Crippen MR) is 113 cm³/mol. The van der Waals surface area contributed by atoms with Crippen molar-refractivity contribution in [2.24, 2.45) is 0 Å². The van der Waals surface area contributed by atoms with Gasteiger partial charge in [0.2, 0.25) is 11.8 Å². The Labute approximate surface area is 172 Å². The minimum Gasteiger partial charge on any atom is -0.497 e. The van der Waals surface area contributed by atoms with Crippen LogP contribution in [0, 0.1) is 0 Å². The molecule has 1 heterocycles. The van der Waals surface area contributed by atoms with E-state index in [0.717, 1.165) is 30.0 Å². The molecule has 0 saturated carbocycles. The Balaban J connectivity index is 1.64. The maximum absolute atomic E-state index is 13.2. The molecule has 0 aromatic heterocycles. The molecule has 0 radical (unpaired) electrons. The van der Waals surface area contributed by atoms with Gasteiger partial charge in [0.25, 0.3) is 0 Å². The van der Waals surface area contributed by atoms with Crippen LogP contribution in [0.3, 0.4) is 0 Å². The smallest absolute Gasteiger partial charge is 0.249 e. The highest BCUT2D eigenvalue weighted by Crippen LogP contribution is 2.18. The minimum atomic E-state index is -0.650. The van der Waals surface area contributed by atoms with E-state index in [-0.39, 0.29) is 11.8 Å². The average molecular weight is 396 g/mol. The zero-order valence-corrected chi connectivity index (χ0v) is 17.1. The van der Waals surface area contributed by atoms with Gasteiger partial charge in [-0.1, -0.05) is 42.5 Å². The van der Waals surface area contributed by atoms with Gasteiger partial charge in [-0.2, -0.15) is 0 Å². The van der Waals surface area contributed by atoms with Crippen molar-refractivity contribution in [1.29, 1.82) is 0 Å². The van der Waals surface area contributed by atoms with Crippen LogP contribution in [0.4, 0.5) is 0 Å². The summed E-state index contributed by atoms with van der Waals surface area (Å²) in [6, 6.07) is 16.5. The van der Waals surface area contributed by atoms with Crippen LogP contribution < -0.4 is 10.1 Å². The molecule has 0 unspecified atom stereocenters. The Kier molecular flexibility index (Phi) is 7.25. The number of benzene rings is 2. The number of piperazine rings is 1. The second-order valence-corrected chi connectivity index (χ2v) is 7.39. The molecule has 2 amide bonds. The molecule has 29 heavy (non-hydrogen) atoms. The van der Waals surface area contributed by atoms with Crippen molar-refractivity contribution in [2.75, 3.05) is 40.3 Å². The maximum Gasteiger partial charge on any atom is 0.249 e. The monoisotopic (exact) mass is 395 g/mol. The van der Waals surface area contributed by atoms with E-state index in [1.54, 1.807) is 7.11 Å². The van der Waals surface area contributed by atoms with Crippen LogP contribution in [0.25, 0.3) is 0 Å². The summed E-state index contributed by atoms with van der Waals surface area (Å²) in [5, 5.41) is 2.97. The van der Waals surface area contributed by atoms with E-state index < -0.39 is 6.04 Å². The third-order valence-electron chi connectivity index (χ3n) is 5.30. The summed E-state index contributed by atoms with van der Waals surface area (Å²) in [6.07, 6.45) is 0.936. The molecule has 6 nitrogen and oxygen atoms in total. The molecule has 3 rings (SSSR count). The van der Waals surface area contributed by atoms with Crippen molar-refractivity contribution in [3.05, 3.63) is 65.7 Å². The number of ether oxygens (including phenoxy) is 1. The highest BCUT2D eigenvalue weighted by atomic mass is 16.5. The fraction of sp³-hybridized carbons (Fsp3) is 0.391. The summed E-state index contributed by atoms with van der Waals surface area (Å²) >= 11 is 0. The summed E-state index contributed by atoms with van der Waals surface area (Å²) in [6.45, 7) is 3.05. The van der Waals surface area contributed by atoms with E-state index in [1.807, 2.05) is 59.5 Å². The largest absolute Gasteiger partial charge is 0.497 e. The molecule has 1 aliphatic rings. The first-order valence-electron chi connectivity index (χ1n) is 10.0. The molecule has 1 aliphatic heterocycles. The third-order valence-corrected chi connectivity index (χ3v) is 5.30. The number of likely N-dealkylation sites (N-methyl/N-ethyl adjacent to an activating group) is 1. The lowest BCUT2D eigenvalue weighted by Crippen LogP contribution is -2.51. The molecule has 1 N–H and O–H groups in total. The number of methoxy groups -OCH3 is 1. The Bertz CT molecular complexity index is 800. The molecule has 0 aliphatic carbocycles. The molecule has 6 heteroatoms. The molecular formula is C23H29N3O3. The van der Waals surface area contributed by atoms with E-state index in [1.165, 1.54) is 0 Å². The van der Waals surface area contributed by atoms with E-state index in [9.17, 15) is 9.59 Å². The van der Waals surface area contributed by atoms with Crippen LogP contribution >= 0.6 is 0 Å². The zero-order valence-electron chi connectivity index (χ0n) is 17.1. The van der Waals surface area contributed by atoms with Crippen LogP contribution in [-0.2, 0) is 16.0 Å². The topological polar surface area (TPSA) is 61.9 Å². The second kappa shape index (κ2) is 10.1. The first-order chi connectivity index (χ1) is 14.1. The zero-order chi connectivity index (χ0) is 20.6. The maximum atomic E-state index is 13.2. The summed E-state index contributed by atoms with van der Waals surface area (Å²) in [5.74, 6) is 0.624. The van der Waals surface area contributed by atoms with Crippen LogP contribution in [0.1, 0.15) is 23.6 Å². The van der Waals surface area contributed by atoms with Crippen molar-refractivity contribution >= 4 is 11.8 Å². The van der Waals surface area contributed by atoms with Gasteiger partial charge >= 0.3 is 0 Å². The van der Waals surface area contributed by atoms with Gasteiger partial charge in [0.15, 0.2) is 0 Å². The van der Waals surface area contributed by atoms with E-state index in [2.05, 4.69) is 17.3 Å². The fourth-order valence-electron chi connectivity index (χ4n) is 3.43. The van der Waals surface area contributed by atoms with Crippen molar-refractivity contribution in [3.63, 3.8) is 0 Å². The number of nitrogens with one attached hydrogen (secondary N) is 1. The van der Waals surface area contributed by atoms with Crippen LogP contribution in [-0.4, -0.2) is 62.0 Å². The van der Waals surface area contributed by atoms with Crippen LogP contribution in [0.2, 0.25) is 0 Å². The minimum absolute atomic E-state index is 0.0397. The standard InChI is InChI=1S/C23H29N3O3/c1-25-14-16-26(17-15-25)23(28)22(19-6-4-3-5-7-19)24-21(27)13-10-18-8-11-20(29-2)12-9-18/h3-9,11-12,22H,10,13-17H2,1-2H3,(H,24,27)/t22-/m0/s1. The number of nitrogens with zero attached hydrogens (tertiary/aromatic N) is 2. The SMILES string of the molecule is COc1ccc(CCC(=O)N[C@H](C(=O)N2CCN(C)CC2)c2ccccc2)cc1. The number of carbonyl (C=O) groups is 2. The number of rotatable bonds is 7. The summed E-state index contributed by atoms with van der Waals surface area (Å²) in [4.78, 5) is 29.9. The number of aryl methyl sites for hydroxylation is 1. The Hall–Kier alpha value is -2.86. The lowest BCUT2D eigenvalue weighted by molar-refractivity contribution is -0.138. The lowest BCUT2D eigenvalue weighted by atomic mass is 10.0. The molecule has 2 aromatic carbocycles. The summed E-state index contributed by atoms with van der Waals surface area (Å²) in [5.41, 5.74) is 1.87. The highest BCUT2D eigenvalue weighted by Gasteiger charge is 2.29. The Morgan fingerprint density at radius 3 is 2.28 bits per heavy atom. The van der Waals surface area contributed by atoms with Gasteiger partial charge in [-0.05, 0) is 36.7 Å². The number of hydrogen-bond acceptors (Lipinski definition) is 4. The molecular weight excluding hydrogens is 366 g/mol. The normalized spacial score (nSPS) is 15.6. The van der Waals surface area contributed by atoms with Gasteiger partial charge in [-0.25, -0.2) is 0 Å². The Morgan fingerprint density at radius 2 is 1.66 bits per heavy atom. The lowest BCUT2D eigenvalue weighted by Gasteiger charge is -2.35. The van der Waals surface area contributed by atoms with E-state index >= 15 is 0 Å². The first kappa shape index (κ1) is 20.9. The first-order valence-corrected chi connectivity index (χ1v) is 10.0. The molecule has 1 saturated heterocycles. The van der Waals surface area contributed by atoms with Gasteiger partial charge < -0.3 is 19.9 Å². The fourth-order valence-corrected chi connectivity index (χ4v) is 3.43. The van der Waals surface area contributed by atoms with Gasteiger partial charge in [-0.3, -0.25) is 9.59 Å². The van der Waals surface area contributed by atoms with E-state index in [0.29, 0.717) is 25.9 Å². The molecule has 0 spiro atoms. The quantitative estimate of drug-likeness (QED) is 0.781. The number of hydrogen-bond donors (Lipinski definition) is 1. The number of carbonyl (C=O) groups excluding carboxylic acids is 2. The van der Waals surface area contributed by atoms with E-state index in [4.69, 9.17) is 4.74 Å². The van der Waals surface area contributed by atoms with Crippen molar-refractivity contribution in [1.82, 2.24) is 15.1 Å². The molecule has 1 atom stereocenters. The third kappa shape index (κ3) is 5.81. The van der Waals surface area contributed by atoms with Crippen LogP contribution in [0.5, 0.6) is 5.75 Å². The molecule has 154 valence electrons. The van der Waals surface area contributed by atoms with Crippen molar-refractivity contribution < 1.29 is 14.3 Å². The van der Waals surface area contributed by atoms with Crippen molar-refractivity contribution in [3.8, 4) is 5.75 Å². The van der Waals surface area contributed by atoms with Gasteiger partial charge in [0.1, 0.15) is 11.8 Å². The molecule has 0 bridgehead atoms. The number of amides is 2. The molecule has 2 aromatic rings. The molecule has 1 fully saturated rings.